The van der Waals surface area contributed by atoms with Gasteiger partial charge >= 0.3 is 0 Å². The number of rotatable bonds is 6. The molecule has 0 bridgehead atoms. The topological polar surface area (TPSA) is 20.3 Å². The molecule has 0 N–H and O–H groups in total. The Kier molecular flexibility index (Phi) is 4.34. The minimum Gasteiger partial charge on any atom is -0.338 e. The van der Waals surface area contributed by atoms with Gasteiger partial charge in [0.1, 0.15) is 0 Å². The first-order valence-corrected chi connectivity index (χ1v) is 7.69. The Balaban J connectivity index is 1.65. The van der Waals surface area contributed by atoms with Gasteiger partial charge in [0.2, 0.25) is 5.91 Å². The average molecular weight is 279 g/mol. The summed E-state index contributed by atoms with van der Waals surface area (Å²) in [6.07, 6.45) is 3.05. The smallest absolute Gasteiger partial charge is 0.225 e. The Morgan fingerprint density at radius 3 is 2.05 bits per heavy atom. The molecule has 1 aliphatic rings. The predicted molar refractivity (Wildman–Crippen MR) is 84.7 cm³/mol. The second-order valence-corrected chi connectivity index (χ2v) is 5.76. The number of amides is 1. The van der Waals surface area contributed by atoms with Crippen molar-refractivity contribution in [3.05, 3.63) is 71.8 Å². The van der Waals surface area contributed by atoms with Crippen molar-refractivity contribution in [3.8, 4) is 0 Å². The summed E-state index contributed by atoms with van der Waals surface area (Å²) in [5.74, 6) is 0.610. The molecule has 21 heavy (non-hydrogen) atoms. The maximum absolute atomic E-state index is 12.5. The lowest BCUT2D eigenvalue weighted by atomic mass is 10.1. The molecule has 1 amide bonds. The van der Waals surface area contributed by atoms with Crippen molar-refractivity contribution in [1.82, 2.24) is 4.90 Å². The quantitative estimate of drug-likeness (QED) is 0.790. The van der Waals surface area contributed by atoms with E-state index in [4.69, 9.17) is 0 Å². The van der Waals surface area contributed by atoms with E-state index in [2.05, 4.69) is 36.4 Å². The van der Waals surface area contributed by atoms with E-state index in [0.717, 1.165) is 32.4 Å². The van der Waals surface area contributed by atoms with E-state index in [1.165, 1.54) is 11.1 Å². The number of carbonyl (C=O) groups excluding carboxylic acids is 1. The van der Waals surface area contributed by atoms with Crippen LogP contribution >= 0.6 is 0 Å². The van der Waals surface area contributed by atoms with Gasteiger partial charge in [0.05, 0.1) is 0 Å². The second-order valence-electron chi connectivity index (χ2n) is 5.76. The first-order chi connectivity index (χ1) is 10.3. The standard InChI is InChI=1S/C19H21NO/c21-19(18-11-12-18)20(15-17-9-5-2-6-10-17)14-13-16-7-3-1-4-8-16/h1-10,18H,11-15H2. The van der Waals surface area contributed by atoms with Crippen LogP contribution in [0, 0.1) is 5.92 Å². The lowest BCUT2D eigenvalue weighted by molar-refractivity contribution is -0.133. The highest BCUT2D eigenvalue weighted by atomic mass is 16.2. The minimum atomic E-state index is 0.282. The van der Waals surface area contributed by atoms with Crippen LogP contribution in [-0.4, -0.2) is 17.4 Å². The Hall–Kier alpha value is -2.09. The van der Waals surface area contributed by atoms with Gasteiger partial charge in [0, 0.05) is 19.0 Å². The number of hydrogen-bond acceptors (Lipinski definition) is 1. The third-order valence-electron chi connectivity index (χ3n) is 3.97. The summed E-state index contributed by atoms with van der Waals surface area (Å²) in [5.41, 5.74) is 2.50. The van der Waals surface area contributed by atoms with Crippen molar-refractivity contribution in [2.45, 2.75) is 25.8 Å². The molecule has 1 saturated carbocycles. The van der Waals surface area contributed by atoms with Crippen LogP contribution < -0.4 is 0 Å². The molecule has 0 saturated heterocycles. The van der Waals surface area contributed by atoms with Gasteiger partial charge in [0.15, 0.2) is 0 Å². The maximum Gasteiger partial charge on any atom is 0.225 e. The van der Waals surface area contributed by atoms with E-state index in [1.807, 2.05) is 29.2 Å². The Morgan fingerprint density at radius 2 is 1.48 bits per heavy atom. The predicted octanol–water partition coefficient (Wildman–Crippen LogP) is 3.67. The molecule has 0 aliphatic heterocycles. The van der Waals surface area contributed by atoms with E-state index in [0.29, 0.717) is 5.91 Å². The van der Waals surface area contributed by atoms with Crippen LogP contribution in [0.4, 0.5) is 0 Å². The summed E-state index contributed by atoms with van der Waals surface area (Å²) < 4.78 is 0. The number of nitrogens with zero attached hydrogens (tertiary/aromatic N) is 1. The number of benzene rings is 2. The van der Waals surface area contributed by atoms with Gasteiger partial charge in [-0.2, -0.15) is 0 Å². The highest BCUT2D eigenvalue weighted by Crippen LogP contribution is 2.31. The molecule has 0 unspecified atom stereocenters. The van der Waals surface area contributed by atoms with Crippen molar-refractivity contribution < 1.29 is 4.79 Å². The normalized spacial score (nSPS) is 13.9. The van der Waals surface area contributed by atoms with E-state index < -0.39 is 0 Å². The maximum atomic E-state index is 12.5. The lowest BCUT2D eigenvalue weighted by Crippen LogP contribution is -2.33. The van der Waals surface area contributed by atoms with Gasteiger partial charge in [-0.1, -0.05) is 60.7 Å². The van der Waals surface area contributed by atoms with Crippen molar-refractivity contribution >= 4 is 5.91 Å². The average Bonchev–Trinajstić information content (AvgIpc) is 3.37. The fraction of sp³-hybridized carbons (Fsp3) is 0.316. The lowest BCUT2D eigenvalue weighted by Gasteiger charge is -2.23. The van der Waals surface area contributed by atoms with E-state index in [-0.39, 0.29) is 5.92 Å². The van der Waals surface area contributed by atoms with Gasteiger partial charge in [-0.15, -0.1) is 0 Å². The van der Waals surface area contributed by atoms with Crippen molar-refractivity contribution in [2.75, 3.05) is 6.54 Å². The van der Waals surface area contributed by atoms with Crippen molar-refractivity contribution in [2.24, 2.45) is 5.92 Å². The number of hydrogen-bond donors (Lipinski definition) is 0. The van der Waals surface area contributed by atoms with Gasteiger partial charge in [-0.25, -0.2) is 0 Å². The SMILES string of the molecule is O=C(C1CC1)N(CCc1ccccc1)Cc1ccccc1. The fourth-order valence-corrected chi connectivity index (χ4v) is 2.57. The Bertz CT molecular complexity index is 575. The monoisotopic (exact) mass is 279 g/mol. The van der Waals surface area contributed by atoms with Crippen LogP contribution in [0.5, 0.6) is 0 Å². The summed E-state index contributed by atoms with van der Waals surface area (Å²) in [7, 11) is 0. The summed E-state index contributed by atoms with van der Waals surface area (Å²) in [4.78, 5) is 14.5. The van der Waals surface area contributed by atoms with Gasteiger partial charge in [-0.05, 0) is 30.4 Å². The molecule has 2 aromatic carbocycles. The van der Waals surface area contributed by atoms with E-state index in [9.17, 15) is 4.79 Å². The highest BCUT2D eigenvalue weighted by Gasteiger charge is 2.33. The molecule has 0 radical (unpaired) electrons. The third kappa shape index (κ3) is 3.94. The van der Waals surface area contributed by atoms with E-state index in [1.54, 1.807) is 0 Å². The minimum absolute atomic E-state index is 0.282. The van der Waals surface area contributed by atoms with Crippen LogP contribution in [0.2, 0.25) is 0 Å². The molecular formula is C19H21NO. The molecule has 0 spiro atoms. The largest absolute Gasteiger partial charge is 0.338 e. The van der Waals surface area contributed by atoms with Crippen LogP contribution in [0.3, 0.4) is 0 Å². The molecular weight excluding hydrogens is 258 g/mol. The van der Waals surface area contributed by atoms with Crippen LogP contribution in [0.25, 0.3) is 0 Å². The van der Waals surface area contributed by atoms with Crippen molar-refractivity contribution in [3.63, 3.8) is 0 Å². The zero-order valence-electron chi connectivity index (χ0n) is 12.2. The zero-order valence-corrected chi connectivity index (χ0v) is 12.2. The summed E-state index contributed by atoms with van der Waals surface area (Å²) >= 11 is 0. The molecule has 108 valence electrons. The molecule has 2 aromatic rings. The first kappa shape index (κ1) is 13.9. The first-order valence-electron chi connectivity index (χ1n) is 7.69. The Labute approximate surface area is 126 Å². The molecule has 0 aromatic heterocycles. The molecule has 0 atom stereocenters. The second kappa shape index (κ2) is 6.57. The van der Waals surface area contributed by atoms with Gasteiger partial charge < -0.3 is 4.90 Å². The third-order valence-corrected chi connectivity index (χ3v) is 3.97. The van der Waals surface area contributed by atoms with E-state index >= 15 is 0 Å². The molecule has 2 nitrogen and oxygen atoms in total. The fourth-order valence-electron chi connectivity index (χ4n) is 2.57. The molecule has 0 heterocycles. The molecule has 1 aliphatic carbocycles. The molecule has 2 heteroatoms. The molecule has 3 rings (SSSR count). The summed E-state index contributed by atoms with van der Waals surface area (Å²) in [5, 5.41) is 0. The Morgan fingerprint density at radius 1 is 0.905 bits per heavy atom. The van der Waals surface area contributed by atoms with Crippen molar-refractivity contribution in [1.29, 1.82) is 0 Å². The van der Waals surface area contributed by atoms with Crippen LogP contribution in [0.1, 0.15) is 24.0 Å². The van der Waals surface area contributed by atoms with Crippen LogP contribution in [0.15, 0.2) is 60.7 Å². The van der Waals surface area contributed by atoms with Gasteiger partial charge in [0.25, 0.3) is 0 Å². The number of carbonyl (C=O) groups is 1. The van der Waals surface area contributed by atoms with Crippen LogP contribution in [-0.2, 0) is 17.8 Å². The summed E-state index contributed by atoms with van der Waals surface area (Å²) in [6.45, 7) is 1.53. The van der Waals surface area contributed by atoms with Gasteiger partial charge in [-0.3, -0.25) is 4.79 Å². The zero-order chi connectivity index (χ0) is 14.5. The molecule has 1 fully saturated rings. The summed E-state index contributed by atoms with van der Waals surface area (Å²) in [6, 6.07) is 20.7. The highest BCUT2D eigenvalue weighted by molar-refractivity contribution is 5.81.